The summed E-state index contributed by atoms with van der Waals surface area (Å²) in [6, 6.07) is 3.29. The predicted octanol–water partition coefficient (Wildman–Crippen LogP) is -0.588. The standard InChI is InChI=1S/C11H13N3O3/c12-11(17)8-4-10(16)14(5-8)9-3-7(6-15)1-2-13-9/h1-3,8,15H,4-6H2,(H2,12,17). The van der Waals surface area contributed by atoms with Crippen LogP contribution in [-0.2, 0) is 16.2 Å². The first-order valence-electron chi connectivity index (χ1n) is 5.27. The molecule has 2 heterocycles. The third kappa shape index (κ3) is 2.26. The number of aliphatic hydroxyl groups is 1. The summed E-state index contributed by atoms with van der Waals surface area (Å²) in [6.45, 7) is 0.146. The number of carbonyl (C=O) groups excluding carboxylic acids is 2. The number of hydrogen-bond acceptors (Lipinski definition) is 4. The number of aliphatic hydroxyl groups excluding tert-OH is 1. The summed E-state index contributed by atoms with van der Waals surface area (Å²) in [7, 11) is 0. The Morgan fingerprint density at radius 1 is 1.65 bits per heavy atom. The average molecular weight is 235 g/mol. The molecule has 1 aliphatic rings. The fraction of sp³-hybridized carbons (Fsp3) is 0.364. The second-order valence-electron chi connectivity index (χ2n) is 3.99. The molecule has 1 unspecified atom stereocenters. The summed E-state index contributed by atoms with van der Waals surface area (Å²) in [6.07, 6.45) is 1.64. The smallest absolute Gasteiger partial charge is 0.229 e. The molecule has 1 aromatic heterocycles. The van der Waals surface area contributed by atoms with E-state index < -0.39 is 11.8 Å². The molecule has 3 N–H and O–H groups in total. The maximum atomic E-state index is 11.7. The van der Waals surface area contributed by atoms with E-state index >= 15 is 0 Å². The number of nitrogens with two attached hydrogens (primary N) is 1. The van der Waals surface area contributed by atoms with Gasteiger partial charge in [0.05, 0.1) is 12.5 Å². The Balaban J connectivity index is 2.22. The van der Waals surface area contributed by atoms with Crippen LogP contribution in [0.4, 0.5) is 5.82 Å². The summed E-state index contributed by atoms with van der Waals surface area (Å²) in [5, 5.41) is 9.01. The van der Waals surface area contributed by atoms with Crippen molar-refractivity contribution >= 4 is 17.6 Å². The lowest BCUT2D eigenvalue weighted by Crippen LogP contribution is -2.29. The van der Waals surface area contributed by atoms with Crippen LogP contribution >= 0.6 is 0 Å². The van der Waals surface area contributed by atoms with Crippen molar-refractivity contribution in [3.63, 3.8) is 0 Å². The van der Waals surface area contributed by atoms with Crippen LogP contribution in [0.25, 0.3) is 0 Å². The van der Waals surface area contributed by atoms with E-state index in [1.807, 2.05) is 0 Å². The van der Waals surface area contributed by atoms with Crippen LogP contribution < -0.4 is 10.6 Å². The summed E-state index contributed by atoms with van der Waals surface area (Å²) < 4.78 is 0. The van der Waals surface area contributed by atoms with Crippen LogP contribution in [-0.4, -0.2) is 28.4 Å². The van der Waals surface area contributed by atoms with Gasteiger partial charge >= 0.3 is 0 Å². The number of anilines is 1. The van der Waals surface area contributed by atoms with E-state index in [-0.39, 0.29) is 25.5 Å². The van der Waals surface area contributed by atoms with Crippen LogP contribution in [0.5, 0.6) is 0 Å². The SMILES string of the molecule is NC(=O)C1CC(=O)N(c2cc(CO)ccn2)C1. The minimum Gasteiger partial charge on any atom is -0.392 e. The maximum Gasteiger partial charge on any atom is 0.229 e. The number of hydrogen-bond donors (Lipinski definition) is 2. The van der Waals surface area contributed by atoms with Gasteiger partial charge in [0.2, 0.25) is 11.8 Å². The molecule has 2 rings (SSSR count). The summed E-state index contributed by atoms with van der Waals surface area (Å²) in [5.74, 6) is -0.650. The Hall–Kier alpha value is -1.95. The zero-order valence-corrected chi connectivity index (χ0v) is 9.17. The molecule has 6 heteroatoms. The topological polar surface area (TPSA) is 96.5 Å². The van der Waals surface area contributed by atoms with Gasteiger partial charge in [-0.3, -0.25) is 14.5 Å². The second kappa shape index (κ2) is 4.50. The molecule has 0 radical (unpaired) electrons. The molecule has 1 aliphatic heterocycles. The first-order valence-corrected chi connectivity index (χ1v) is 5.27. The van der Waals surface area contributed by atoms with Gasteiger partial charge in [0.1, 0.15) is 5.82 Å². The summed E-state index contributed by atoms with van der Waals surface area (Å²) in [4.78, 5) is 28.2. The molecular formula is C11H13N3O3. The van der Waals surface area contributed by atoms with Gasteiger partial charge in [-0.15, -0.1) is 0 Å². The third-order valence-electron chi connectivity index (χ3n) is 2.80. The highest BCUT2D eigenvalue weighted by Crippen LogP contribution is 2.23. The van der Waals surface area contributed by atoms with Crippen molar-refractivity contribution in [3.8, 4) is 0 Å². The highest BCUT2D eigenvalue weighted by atomic mass is 16.3. The Labute approximate surface area is 98.1 Å². The van der Waals surface area contributed by atoms with E-state index in [0.29, 0.717) is 11.4 Å². The summed E-state index contributed by atoms with van der Waals surface area (Å²) in [5.41, 5.74) is 5.85. The Kier molecular flexibility index (Phi) is 3.06. The van der Waals surface area contributed by atoms with E-state index in [9.17, 15) is 9.59 Å². The molecule has 0 saturated carbocycles. The number of aromatic nitrogens is 1. The van der Waals surface area contributed by atoms with Crippen molar-refractivity contribution in [2.45, 2.75) is 13.0 Å². The Morgan fingerprint density at radius 3 is 3.00 bits per heavy atom. The van der Waals surface area contributed by atoms with Crippen LogP contribution in [0.2, 0.25) is 0 Å². The zero-order chi connectivity index (χ0) is 12.4. The lowest BCUT2D eigenvalue weighted by atomic mass is 10.1. The van der Waals surface area contributed by atoms with Crippen LogP contribution in [0.3, 0.4) is 0 Å². The molecule has 0 bridgehead atoms. The largest absolute Gasteiger partial charge is 0.392 e. The van der Waals surface area contributed by atoms with Gasteiger partial charge in [-0.2, -0.15) is 0 Å². The molecule has 1 atom stereocenters. The maximum absolute atomic E-state index is 11.7. The number of pyridine rings is 1. The highest BCUT2D eigenvalue weighted by Gasteiger charge is 2.34. The molecule has 90 valence electrons. The number of rotatable bonds is 3. The van der Waals surface area contributed by atoms with Crippen molar-refractivity contribution in [1.29, 1.82) is 0 Å². The number of primary amides is 1. The van der Waals surface area contributed by atoms with Crippen LogP contribution in [0, 0.1) is 5.92 Å². The van der Waals surface area contributed by atoms with Crippen molar-refractivity contribution in [1.82, 2.24) is 4.98 Å². The fourth-order valence-corrected chi connectivity index (χ4v) is 1.83. The van der Waals surface area contributed by atoms with Gasteiger partial charge in [-0.05, 0) is 17.7 Å². The molecular weight excluding hydrogens is 222 g/mol. The first-order chi connectivity index (χ1) is 8.11. The van der Waals surface area contributed by atoms with Crippen molar-refractivity contribution < 1.29 is 14.7 Å². The third-order valence-corrected chi connectivity index (χ3v) is 2.80. The van der Waals surface area contributed by atoms with Crippen LogP contribution in [0.15, 0.2) is 18.3 Å². The summed E-state index contributed by atoms with van der Waals surface area (Å²) >= 11 is 0. The van der Waals surface area contributed by atoms with E-state index in [2.05, 4.69) is 4.98 Å². The molecule has 0 aliphatic carbocycles. The van der Waals surface area contributed by atoms with Crippen molar-refractivity contribution in [3.05, 3.63) is 23.9 Å². The highest BCUT2D eigenvalue weighted by molar-refractivity contribution is 5.99. The molecule has 2 amide bonds. The van der Waals surface area contributed by atoms with E-state index in [4.69, 9.17) is 10.8 Å². The van der Waals surface area contributed by atoms with Gasteiger partial charge < -0.3 is 10.8 Å². The molecule has 6 nitrogen and oxygen atoms in total. The minimum absolute atomic E-state index is 0.114. The van der Waals surface area contributed by atoms with Gasteiger partial charge in [0.15, 0.2) is 0 Å². The predicted molar refractivity (Wildman–Crippen MR) is 59.8 cm³/mol. The molecule has 17 heavy (non-hydrogen) atoms. The second-order valence-corrected chi connectivity index (χ2v) is 3.99. The van der Waals surface area contributed by atoms with Crippen molar-refractivity contribution in [2.24, 2.45) is 11.7 Å². The van der Waals surface area contributed by atoms with Gasteiger partial charge in [-0.25, -0.2) is 4.98 Å². The van der Waals surface area contributed by atoms with E-state index in [1.165, 1.54) is 11.1 Å². The molecule has 1 saturated heterocycles. The van der Waals surface area contributed by atoms with E-state index in [0.717, 1.165) is 0 Å². The fourth-order valence-electron chi connectivity index (χ4n) is 1.83. The van der Waals surface area contributed by atoms with Crippen LogP contribution in [0.1, 0.15) is 12.0 Å². The lowest BCUT2D eigenvalue weighted by Gasteiger charge is -2.15. The normalized spacial score (nSPS) is 19.7. The monoisotopic (exact) mass is 235 g/mol. The lowest BCUT2D eigenvalue weighted by molar-refractivity contribution is -0.123. The number of nitrogens with zero attached hydrogens (tertiary/aromatic N) is 2. The molecule has 0 aromatic carbocycles. The first kappa shape index (κ1) is 11.5. The number of amides is 2. The Bertz CT molecular complexity index is 461. The molecule has 1 aromatic rings. The molecule has 0 spiro atoms. The van der Waals surface area contributed by atoms with Crippen molar-refractivity contribution in [2.75, 3.05) is 11.4 Å². The molecule has 1 fully saturated rings. The van der Waals surface area contributed by atoms with E-state index in [1.54, 1.807) is 12.1 Å². The zero-order valence-electron chi connectivity index (χ0n) is 9.17. The minimum atomic E-state index is -0.473. The van der Waals surface area contributed by atoms with Gasteiger partial charge in [0, 0.05) is 19.2 Å². The number of carbonyl (C=O) groups is 2. The van der Waals surface area contributed by atoms with Gasteiger partial charge in [0.25, 0.3) is 0 Å². The average Bonchev–Trinajstić information content (AvgIpc) is 2.72. The quantitative estimate of drug-likeness (QED) is 0.732. The van der Waals surface area contributed by atoms with Gasteiger partial charge in [-0.1, -0.05) is 0 Å². The Morgan fingerprint density at radius 2 is 2.41 bits per heavy atom.